The molecule has 1 aliphatic heterocycles. The molecule has 226 valence electrons. The number of rotatable bonds is 12. The number of aromatic nitrogens is 1. The Bertz CT molecular complexity index is 1500. The Hall–Kier alpha value is -3.65. The number of para-hydroxylation sites is 1. The van der Waals surface area contributed by atoms with E-state index in [-0.39, 0.29) is 43.9 Å². The summed E-state index contributed by atoms with van der Waals surface area (Å²) >= 11 is 5.89. The van der Waals surface area contributed by atoms with Crippen molar-refractivity contribution in [2.75, 3.05) is 32.7 Å². The summed E-state index contributed by atoms with van der Waals surface area (Å²) in [4.78, 5) is 43.2. The zero-order chi connectivity index (χ0) is 30.3. The first-order chi connectivity index (χ1) is 20.1. The normalized spacial score (nSPS) is 15.7. The number of unbranched alkanes of at least 4 members (excludes halogenated alkanes) is 1. The second kappa shape index (κ2) is 14.0. The molecular weight excluding hydrogens is 584 g/mol. The molecule has 1 aliphatic rings. The number of carboxylic acids is 1. The Morgan fingerprint density at radius 3 is 2.33 bits per heavy atom. The van der Waals surface area contributed by atoms with E-state index in [1.165, 1.54) is 33.5 Å². The molecule has 0 spiro atoms. The van der Waals surface area contributed by atoms with Crippen molar-refractivity contribution in [1.82, 2.24) is 24.8 Å². The van der Waals surface area contributed by atoms with E-state index in [2.05, 4.69) is 15.6 Å². The van der Waals surface area contributed by atoms with Crippen LogP contribution in [0.4, 0.5) is 4.79 Å². The zero-order valence-corrected chi connectivity index (χ0v) is 24.5. The quantitative estimate of drug-likeness (QED) is 0.193. The summed E-state index contributed by atoms with van der Waals surface area (Å²) in [6.07, 6.45) is 3.22. The number of hydrogen-bond acceptors (Lipinski definition) is 6. The molecule has 12 nitrogen and oxygen atoms in total. The van der Waals surface area contributed by atoms with E-state index < -0.39 is 40.0 Å². The fourth-order valence-corrected chi connectivity index (χ4v) is 6.43. The maximum Gasteiger partial charge on any atom is 0.326 e. The lowest BCUT2D eigenvalue weighted by Crippen LogP contribution is -2.58. The second-order valence-corrected chi connectivity index (χ2v) is 12.5. The number of carbonyl (C=O) groups is 3. The predicted octanol–water partition coefficient (Wildman–Crippen LogP) is 2.15. The number of fused-ring (bicyclic) bond motifs is 1. The number of piperazine rings is 1. The van der Waals surface area contributed by atoms with Gasteiger partial charge >= 0.3 is 12.0 Å². The molecule has 0 radical (unpaired) electrons. The number of nitrogens with zero attached hydrogens (tertiary/aromatic N) is 2. The lowest BCUT2D eigenvalue weighted by atomic mass is 10.0. The van der Waals surface area contributed by atoms with Crippen LogP contribution in [0.5, 0.6) is 0 Å². The molecule has 2 aromatic carbocycles. The summed E-state index contributed by atoms with van der Waals surface area (Å²) in [5.41, 5.74) is 7.16. The highest BCUT2D eigenvalue weighted by Gasteiger charge is 2.33. The van der Waals surface area contributed by atoms with Gasteiger partial charge < -0.3 is 31.4 Å². The van der Waals surface area contributed by atoms with Crippen LogP contribution in [0.3, 0.4) is 0 Å². The monoisotopic (exact) mass is 618 g/mol. The van der Waals surface area contributed by atoms with Crippen molar-refractivity contribution in [1.29, 1.82) is 0 Å². The van der Waals surface area contributed by atoms with Crippen molar-refractivity contribution in [3.05, 3.63) is 65.3 Å². The molecule has 14 heteroatoms. The molecule has 0 aliphatic carbocycles. The molecule has 4 rings (SSSR count). The number of carboxylic acid groups (broad SMARTS) is 1. The van der Waals surface area contributed by atoms with E-state index in [1.54, 1.807) is 6.20 Å². The summed E-state index contributed by atoms with van der Waals surface area (Å²) < 4.78 is 27.4. The van der Waals surface area contributed by atoms with Crippen LogP contribution in [0.2, 0.25) is 5.02 Å². The van der Waals surface area contributed by atoms with E-state index in [1.807, 2.05) is 24.3 Å². The molecule has 0 bridgehead atoms. The largest absolute Gasteiger partial charge is 0.480 e. The van der Waals surface area contributed by atoms with Crippen molar-refractivity contribution in [3.63, 3.8) is 0 Å². The Morgan fingerprint density at radius 1 is 0.976 bits per heavy atom. The fourth-order valence-electron chi connectivity index (χ4n) is 4.88. The van der Waals surface area contributed by atoms with E-state index in [0.29, 0.717) is 24.4 Å². The van der Waals surface area contributed by atoms with Crippen molar-refractivity contribution >= 4 is 50.4 Å². The Balaban J connectivity index is 1.46. The Labute approximate surface area is 249 Å². The van der Waals surface area contributed by atoms with Gasteiger partial charge in [-0.05, 0) is 61.7 Å². The molecule has 2 heterocycles. The number of aromatic amines is 1. The lowest BCUT2D eigenvalue weighted by molar-refractivity contribution is -0.142. The molecule has 1 fully saturated rings. The number of carbonyl (C=O) groups excluding carboxylic acids is 2. The summed E-state index contributed by atoms with van der Waals surface area (Å²) in [5.74, 6) is -1.80. The van der Waals surface area contributed by atoms with Crippen molar-refractivity contribution in [2.24, 2.45) is 5.73 Å². The molecule has 3 aromatic rings. The Morgan fingerprint density at radius 2 is 1.67 bits per heavy atom. The van der Waals surface area contributed by atoms with E-state index in [0.717, 1.165) is 16.5 Å². The SMILES string of the molecule is NCCCCC(NC(=O)C(Cc1c[nH]c2ccccc12)NC(=O)N1CCN(S(=O)(=O)c2ccc(Cl)cc2)CC1)C(=O)O. The smallest absolute Gasteiger partial charge is 0.326 e. The number of nitrogens with two attached hydrogens (primary N) is 1. The van der Waals surface area contributed by atoms with Crippen LogP contribution in [0.1, 0.15) is 24.8 Å². The van der Waals surface area contributed by atoms with Crippen LogP contribution < -0.4 is 16.4 Å². The van der Waals surface area contributed by atoms with Crippen LogP contribution in [-0.4, -0.2) is 90.4 Å². The first kappa shape index (κ1) is 31.3. The van der Waals surface area contributed by atoms with Gasteiger partial charge in [0.1, 0.15) is 12.1 Å². The van der Waals surface area contributed by atoms with Gasteiger partial charge in [0.05, 0.1) is 4.90 Å². The van der Waals surface area contributed by atoms with Crippen LogP contribution in [0, 0.1) is 0 Å². The maximum atomic E-state index is 13.4. The third-order valence-electron chi connectivity index (χ3n) is 7.25. The predicted molar refractivity (Wildman–Crippen MR) is 159 cm³/mol. The molecule has 1 aromatic heterocycles. The van der Waals surface area contributed by atoms with E-state index in [4.69, 9.17) is 17.3 Å². The highest BCUT2D eigenvalue weighted by molar-refractivity contribution is 7.89. The maximum absolute atomic E-state index is 13.4. The molecule has 42 heavy (non-hydrogen) atoms. The number of sulfonamides is 1. The molecule has 2 atom stereocenters. The topological polar surface area (TPSA) is 178 Å². The van der Waals surface area contributed by atoms with Gasteiger partial charge in [0, 0.05) is 54.7 Å². The zero-order valence-electron chi connectivity index (χ0n) is 23.0. The molecule has 1 saturated heterocycles. The number of hydrogen-bond donors (Lipinski definition) is 5. The number of nitrogens with one attached hydrogen (secondary N) is 3. The van der Waals surface area contributed by atoms with Gasteiger partial charge in [0.2, 0.25) is 15.9 Å². The number of benzene rings is 2. The van der Waals surface area contributed by atoms with Gasteiger partial charge in [-0.15, -0.1) is 0 Å². The minimum absolute atomic E-state index is 0.0694. The Kier molecular flexibility index (Phi) is 10.4. The van der Waals surface area contributed by atoms with E-state index in [9.17, 15) is 27.9 Å². The van der Waals surface area contributed by atoms with Gasteiger partial charge in [-0.25, -0.2) is 18.0 Å². The number of urea groups is 1. The van der Waals surface area contributed by atoms with Crippen molar-refractivity contribution in [3.8, 4) is 0 Å². The highest BCUT2D eigenvalue weighted by Crippen LogP contribution is 2.21. The average molecular weight is 619 g/mol. The molecular formula is C28H35ClN6O6S. The van der Waals surface area contributed by atoms with Crippen LogP contribution in [-0.2, 0) is 26.0 Å². The first-order valence-electron chi connectivity index (χ1n) is 13.7. The van der Waals surface area contributed by atoms with Gasteiger partial charge in [0.15, 0.2) is 0 Å². The summed E-state index contributed by atoms with van der Waals surface area (Å²) in [6, 6.07) is 10.6. The van der Waals surface area contributed by atoms with Crippen molar-refractivity contribution in [2.45, 2.75) is 42.7 Å². The molecule has 0 saturated carbocycles. The van der Waals surface area contributed by atoms with Crippen LogP contribution in [0.25, 0.3) is 10.9 Å². The minimum atomic E-state index is -3.77. The third-order valence-corrected chi connectivity index (χ3v) is 9.42. The lowest BCUT2D eigenvalue weighted by Gasteiger charge is -2.34. The third kappa shape index (κ3) is 7.59. The summed E-state index contributed by atoms with van der Waals surface area (Å²) in [5, 5.41) is 16.3. The standard InChI is InChI=1S/C28H35ClN6O6S/c29-20-8-10-21(11-9-20)42(40,41)35-15-13-34(14-16-35)28(39)33-25(17-19-18-31-23-6-2-1-5-22(19)23)26(36)32-24(27(37)38)7-3-4-12-30/h1-2,5-6,8-11,18,24-25,31H,3-4,7,12-17,30H2,(H,32,36)(H,33,39)(H,37,38). The van der Waals surface area contributed by atoms with Gasteiger partial charge in [-0.1, -0.05) is 29.8 Å². The van der Waals surface area contributed by atoms with Gasteiger partial charge in [-0.2, -0.15) is 4.31 Å². The van der Waals surface area contributed by atoms with E-state index >= 15 is 0 Å². The first-order valence-corrected chi connectivity index (χ1v) is 15.5. The summed E-state index contributed by atoms with van der Waals surface area (Å²) in [6.45, 7) is 0.765. The van der Waals surface area contributed by atoms with Crippen LogP contribution in [0.15, 0.2) is 59.6 Å². The highest BCUT2D eigenvalue weighted by atomic mass is 35.5. The molecule has 3 amide bonds. The summed E-state index contributed by atoms with van der Waals surface area (Å²) in [7, 11) is -3.77. The number of H-pyrrole nitrogens is 1. The number of amides is 3. The second-order valence-electron chi connectivity index (χ2n) is 10.1. The fraction of sp³-hybridized carbons (Fsp3) is 0.393. The van der Waals surface area contributed by atoms with Crippen LogP contribution >= 0.6 is 11.6 Å². The van der Waals surface area contributed by atoms with Gasteiger partial charge in [0.25, 0.3) is 0 Å². The average Bonchev–Trinajstić information content (AvgIpc) is 3.39. The van der Waals surface area contributed by atoms with Crippen molar-refractivity contribution < 1.29 is 27.9 Å². The minimum Gasteiger partial charge on any atom is -0.480 e. The van der Waals surface area contributed by atoms with Gasteiger partial charge in [-0.3, -0.25) is 4.79 Å². The number of aliphatic carboxylic acids is 1. The molecule has 2 unspecified atom stereocenters. The molecule has 6 N–H and O–H groups in total. The number of halogens is 1.